The summed E-state index contributed by atoms with van der Waals surface area (Å²) in [5.74, 6) is 0. The first-order valence-corrected chi connectivity index (χ1v) is 2.08. The van der Waals surface area contributed by atoms with Crippen LogP contribution in [0.3, 0.4) is 0 Å². The predicted molar refractivity (Wildman–Crippen MR) is 28.5 cm³/mol. The van der Waals surface area contributed by atoms with Gasteiger partial charge in [0, 0.05) is 13.2 Å². The Kier molecular flexibility index (Phi) is 0.978. The molecule has 38 valence electrons. The average Bonchev–Trinajstić information content (AvgIpc) is 1.69. The van der Waals surface area contributed by atoms with Crippen LogP contribution in [-0.2, 0) is 0 Å². The molecule has 0 aromatic heterocycles. The molecule has 1 aliphatic rings. The molecular weight excluding hydrogens is 90.1 g/mol. The van der Waals surface area contributed by atoms with Gasteiger partial charge in [-0.15, -0.1) is 0 Å². The second-order valence-corrected chi connectivity index (χ2v) is 1.28. The number of hydrazone groups is 1. The van der Waals surface area contributed by atoms with Gasteiger partial charge in [0.15, 0.2) is 0 Å². The smallest absolute Gasteiger partial charge is 0.0505 e. The largest absolute Gasteiger partial charge is 0.290 e. The first-order valence-electron chi connectivity index (χ1n) is 2.08. The van der Waals surface area contributed by atoms with E-state index in [-0.39, 0.29) is 0 Å². The summed E-state index contributed by atoms with van der Waals surface area (Å²) in [6.07, 6.45) is 5.36. The fraction of sp³-hybridized carbons (Fsp3) is 0.250. The maximum atomic E-state index is 3.84. The lowest BCUT2D eigenvalue weighted by Crippen LogP contribution is -2.26. The molecule has 7 heavy (non-hydrogen) atoms. The van der Waals surface area contributed by atoms with E-state index in [0.29, 0.717) is 0 Å². The SMILES string of the molecule is CN1N=CC=CN1. The highest BCUT2D eigenvalue weighted by Gasteiger charge is 1.84. The van der Waals surface area contributed by atoms with Gasteiger partial charge in [-0.1, -0.05) is 0 Å². The summed E-state index contributed by atoms with van der Waals surface area (Å²) in [5, 5.41) is 5.47. The topological polar surface area (TPSA) is 27.6 Å². The van der Waals surface area contributed by atoms with Crippen LogP contribution >= 0.6 is 0 Å². The van der Waals surface area contributed by atoms with Gasteiger partial charge in [-0.3, -0.25) is 5.43 Å². The first-order chi connectivity index (χ1) is 3.39. The molecule has 0 radical (unpaired) electrons. The van der Waals surface area contributed by atoms with Crippen LogP contribution in [0.15, 0.2) is 17.4 Å². The van der Waals surface area contributed by atoms with Gasteiger partial charge >= 0.3 is 0 Å². The maximum Gasteiger partial charge on any atom is 0.0505 e. The van der Waals surface area contributed by atoms with Crippen molar-refractivity contribution in [3.8, 4) is 0 Å². The Bertz CT molecular complexity index is 106. The second kappa shape index (κ2) is 1.64. The number of nitrogens with zero attached hydrogens (tertiary/aromatic N) is 2. The molecule has 1 N–H and O–H groups in total. The van der Waals surface area contributed by atoms with Crippen LogP contribution < -0.4 is 5.43 Å². The minimum absolute atomic E-state index is 1.62. The van der Waals surface area contributed by atoms with Crippen LogP contribution in [0.5, 0.6) is 0 Å². The monoisotopic (exact) mass is 97.1 g/mol. The molecule has 3 heteroatoms. The molecule has 3 nitrogen and oxygen atoms in total. The van der Waals surface area contributed by atoms with E-state index in [0.717, 1.165) is 0 Å². The highest BCUT2D eigenvalue weighted by molar-refractivity contribution is 5.70. The summed E-state index contributed by atoms with van der Waals surface area (Å²) >= 11 is 0. The van der Waals surface area contributed by atoms with E-state index in [2.05, 4.69) is 10.5 Å². The Morgan fingerprint density at radius 3 is 2.86 bits per heavy atom. The van der Waals surface area contributed by atoms with Gasteiger partial charge in [0.05, 0.1) is 6.21 Å². The van der Waals surface area contributed by atoms with Crippen LogP contribution in [0.2, 0.25) is 0 Å². The molecule has 0 bridgehead atoms. The predicted octanol–water partition coefficient (Wildman–Crippen LogP) is -0.0641. The van der Waals surface area contributed by atoms with Crippen molar-refractivity contribution in [1.82, 2.24) is 10.5 Å². The number of rotatable bonds is 0. The lowest BCUT2D eigenvalue weighted by molar-refractivity contribution is 0.290. The molecule has 0 amide bonds. The number of hydrazine groups is 1. The van der Waals surface area contributed by atoms with Crippen molar-refractivity contribution in [2.75, 3.05) is 7.05 Å². The van der Waals surface area contributed by atoms with Crippen LogP contribution in [0.1, 0.15) is 0 Å². The number of hydrogen-bond acceptors (Lipinski definition) is 3. The van der Waals surface area contributed by atoms with Gasteiger partial charge < -0.3 is 0 Å². The third-order valence-corrected chi connectivity index (χ3v) is 0.684. The number of allylic oxidation sites excluding steroid dienone is 1. The maximum absolute atomic E-state index is 3.84. The van der Waals surface area contributed by atoms with E-state index in [4.69, 9.17) is 0 Å². The third kappa shape index (κ3) is 0.924. The van der Waals surface area contributed by atoms with Crippen molar-refractivity contribution in [3.63, 3.8) is 0 Å². The zero-order chi connectivity index (χ0) is 5.11. The Labute approximate surface area is 42.3 Å². The molecule has 0 saturated heterocycles. The van der Waals surface area contributed by atoms with Crippen molar-refractivity contribution >= 4 is 6.21 Å². The van der Waals surface area contributed by atoms with E-state index >= 15 is 0 Å². The number of hydrogen-bond donors (Lipinski definition) is 1. The van der Waals surface area contributed by atoms with Crippen LogP contribution in [0, 0.1) is 0 Å². The summed E-state index contributed by atoms with van der Waals surface area (Å²) < 4.78 is 0. The van der Waals surface area contributed by atoms with Gasteiger partial charge in [-0.05, 0) is 6.08 Å². The minimum Gasteiger partial charge on any atom is -0.290 e. The first kappa shape index (κ1) is 4.18. The van der Waals surface area contributed by atoms with E-state index in [1.54, 1.807) is 11.3 Å². The summed E-state index contributed by atoms with van der Waals surface area (Å²) in [4.78, 5) is 0. The molecule has 0 unspecified atom stereocenters. The Morgan fingerprint density at radius 2 is 2.57 bits per heavy atom. The van der Waals surface area contributed by atoms with Gasteiger partial charge in [-0.25, -0.2) is 5.12 Å². The lowest BCUT2D eigenvalue weighted by atomic mass is 10.6. The molecular formula is C4H7N3. The zero-order valence-electron chi connectivity index (χ0n) is 4.13. The molecule has 0 saturated carbocycles. The van der Waals surface area contributed by atoms with E-state index < -0.39 is 0 Å². The normalized spacial score (nSPS) is 17.0. The Hall–Kier alpha value is -0.990. The summed E-state index contributed by atoms with van der Waals surface area (Å²) in [5.41, 5.74) is 2.84. The van der Waals surface area contributed by atoms with Crippen molar-refractivity contribution in [2.45, 2.75) is 0 Å². The molecule has 0 atom stereocenters. The zero-order valence-corrected chi connectivity index (χ0v) is 4.13. The molecule has 0 fully saturated rings. The summed E-state index contributed by atoms with van der Waals surface area (Å²) in [6, 6.07) is 0. The van der Waals surface area contributed by atoms with Gasteiger partial charge in [-0.2, -0.15) is 5.10 Å². The molecule has 0 aromatic rings. The molecule has 0 spiro atoms. The standard InChI is InChI=1S/C4H7N3/c1-7-5-3-2-4-6-7/h2-5H,1H3. The molecule has 1 heterocycles. The van der Waals surface area contributed by atoms with E-state index in [1.807, 2.05) is 19.3 Å². The van der Waals surface area contributed by atoms with Gasteiger partial charge in [0.1, 0.15) is 0 Å². The molecule has 0 aromatic carbocycles. The summed E-state index contributed by atoms with van der Waals surface area (Å²) in [6.45, 7) is 0. The van der Waals surface area contributed by atoms with Crippen LogP contribution in [0.4, 0.5) is 0 Å². The fourth-order valence-electron chi connectivity index (χ4n) is 0.366. The fourth-order valence-corrected chi connectivity index (χ4v) is 0.366. The number of nitrogens with one attached hydrogen (secondary N) is 1. The van der Waals surface area contributed by atoms with Gasteiger partial charge in [0.2, 0.25) is 0 Å². The van der Waals surface area contributed by atoms with Crippen LogP contribution in [0.25, 0.3) is 0 Å². The summed E-state index contributed by atoms with van der Waals surface area (Å²) in [7, 11) is 1.83. The average molecular weight is 97.1 g/mol. The molecule has 0 aliphatic carbocycles. The van der Waals surface area contributed by atoms with Crippen LogP contribution in [-0.4, -0.2) is 18.4 Å². The van der Waals surface area contributed by atoms with Crippen molar-refractivity contribution in [3.05, 3.63) is 12.3 Å². The highest BCUT2D eigenvalue weighted by atomic mass is 15.7. The third-order valence-electron chi connectivity index (χ3n) is 0.684. The van der Waals surface area contributed by atoms with E-state index in [9.17, 15) is 0 Å². The molecule has 1 rings (SSSR count). The second-order valence-electron chi connectivity index (χ2n) is 1.28. The van der Waals surface area contributed by atoms with Crippen molar-refractivity contribution in [1.29, 1.82) is 0 Å². The Morgan fingerprint density at radius 1 is 1.71 bits per heavy atom. The Balaban J connectivity index is 2.49. The van der Waals surface area contributed by atoms with E-state index in [1.165, 1.54) is 0 Å². The van der Waals surface area contributed by atoms with Crippen molar-refractivity contribution in [2.24, 2.45) is 5.10 Å². The quantitative estimate of drug-likeness (QED) is 0.458. The highest BCUT2D eigenvalue weighted by Crippen LogP contribution is 1.79. The van der Waals surface area contributed by atoms with Crippen molar-refractivity contribution < 1.29 is 0 Å². The van der Waals surface area contributed by atoms with Gasteiger partial charge in [0.25, 0.3) is 0 Å². The lowest BCUT2D eigenvalue weighted by Gasteiger charge is -2.12. The minimum atomic E-state index is 1.62. The molecule has 1 aliphatic heterocycles.